The van der Waals surface area contributed by atoms with Gasteiger partial charge >= 0.3 is 0 Å². The highest BCUT2D eigenvalue weighted by Crippen LogP contribution is 2.18. The van der Waals surface area contributed by atoms with Gasteiger partial charge < -0.3 is 15.5 Å². The minimum Gasteiger partial charge on any atom is -0.352 e. The molecule has 146 valence electrons. The van der Waals surface area contributed by atoms with Crippen LogP contribution < -0.4 is 10.6 Å². The number of hydrogen-bond acceptors (Lipinski definition) is 5. The number of hydrogen-bond donors (Lipinski definition) is 2. The molecule has 0 bridgehead atoms. The number of carbonyl (C=O) groups is 1. The first-order chi connectivity index (χ1) is 12.0. The summed E-state index contributed by atoms with van der Waals surface area (Å²) in [5.74, 6) is 1.07. The molecule has 0 radical (unpaired) electrons. The molecule has 3 rings (SSSR count). The molecule has 1 saturated carbocycles. The van der Waals surface area contributed by atoms with Crippen molar-refractivity contribution in [3.05, 3.63) is 15.6 Å². The summed E-state index contributed by atoms with van der Waals surface area (Å²) in [6.07, 6.45) is 2.28. The largest absolute Gasteiger partial charge is 0.352 e. The third-order valence-corrected chi connectivity index (χ3v) is 5.74. The summed E-state index contributed by atoms with van der Waals surface area (Å²) < 4.78 is 0. The van der Waals surface area contributed by atoms with Crippen LogP contribution in [0.25, 0.3) is 0 Å². The molecule has 1 aromatic heterocycles. The molecule has 26 heavy (non-hydrogen) atoms. The molecule has 2 aliphatic rings. The quantitative estimate of drug-likeness (QED) is 0.369. The minimum atomic E-state index is 0. The van der Waals surface area contributed by atoms with E-state index < -0.39 is 0 Å². The van der Waals surface area contributed by atoms with Gasteiger partial charge in [0.2, 0.25) is 5.91 Å². The molecule has 1 amide bonds. The first kappa shape index (κ1) is 21.4. The van der Waals surface area contributed by atoms with E-state index in [2.05, 4.69) is 37.3 Å². The maximum atomic E-state index is 11.9. The van der Waals surface area contributed by atoms with Crippen molar-refractivity contribution in [1.29, 1.82) is 0 Å². The molecule has 2 N–H and O–H groups in total. The molecule has 0 atom stereocenters. The number of nitrogens with one attached hydrogen (secondary N) is 2. The summed E-state index contributed by atoms with van der Waals surface area (Å²) >= 11 is 1.73. The second-order valence-electron chi connectivity index (χ2n) is 6.75. The number of carbonyl (C=O) groups excluding carboxylic acids is 1. The molecule has 2 heterocycles. The fraction of sp³-hybridized carbons (Fsp3) is 0.706. The molecular weight excluding hydrogens is 463 g/mol. The molecule has 1 aliphatic carbocycles. The van der Waals surface area contributed by atoms with E-state index in [9.17, 15) is 4.79 Å². The number of aromatic nitrogens is 1. The topological polar surface area (TPSA) is 72.9 Å². The standard InChI is InChI=1S/C17H28N6OS.HI/c1-12-13(2)25-16(20-12)10-19-17(18-3)23-8-6-22(7-9-23)11-15(24)21-14-4-5-14;/h14H,4-11H2,1-3H3,(H,18,19)(H,21,24);1H. The Labute approximate surface area is 176 Å². The number of amides is 1. The molecule has 1 saturated heterocycles. The van der Waals surface area contributed by atoms with Gasteiger partial charge in [0.05, 0.1) is 18.8 Å². The average Bonchev–Trinajstić information content (AvgIpc) is 3.34. The van der Waals surface area contributed by atoms with Crippen molar-refractivity contribution in [2.45, 2.75) is 39.3 Å². The van der Waals surface area contributed by atoms with E-state index >= 15 is 0 Å². The van der Waals surface area contributed by atoms with E-state index in [0.717, 1.165) is 55.7 Å². The van der Waals surface area contributed by atoms with E-state index in [1.807, 2.05) is 14.0 Å². The van der Waals surface area contributed by atoms with Crippen LogP contribution in [-0.2, 0) is 11.3 Å². The lowest BCUT2D eigenvalue weighted by Gasteiger charge is -2.36. The molecule has 7 nitrogen and oxygen atoms in total. The van der Waals surface area contributed by atoms with Gasteiger partial charge in [0, 0.05) is 44.1 Å². The second kappa shape index (κ2) is 9.84. The maximum absolute atomic E-state index is 11.9. The third-order valence-electron chi connectivity index (χ3n) is 4.66. The normalized spacial score (nSPS) is 18.4. The molecule has 0 aromatic carbocycles. The van der Waals surface area contributed by atoms with E-state index in [-0.39, 0.29) is 29.9 Å². The van der Waals surface area contributed by atoms with E-state index in [0.29, 0.717) is 19.1 Å². The Morgan fingerprint density at radius 3 is 2.50 bits per heavy atom. The second-order valence-corrected chi connectivity index (χ2v) is 8.04. The highest BCUT2D eigenvalue weighted by atomic mass is 127. The summed E-state index contributed by atoms with van der Waals surface area (Å²) in [5.41, 5.74) is 1.11. The number of aliphatic imine (C=N–C) groups is 1. The molecular formula is C17H29IN6OS. The monoisotopic (exact) mass is 492 g/mol. The van der Waals surface area contributed by atoms with Gasteiger partial charge in [-0.3, -0.25) is 14.7 Å². The third kappa shape index (κ3) is 6.05. The van der Waals surface area contributed by atoms with Crippen molar-refractivity contribution in [2.24, 2.45) is 4.99 Å². The van der Waals surface area contributed by atoms with E-state index in [4.69, 9.17) is 0 Å². The number of guanidine groups is 1. The number of nitrogens with zero attached hydrogens (tertiary/aromatic N) is 4. The lowest BCUT2D eigenvalue weighted by molar-refractivity contribution is -0.122. The van der Waals surface area contributed by atoms with Gasteiger partial charge in [0.25, 0.3) is 0 Å². The first-order valence-electron chi connectivity index (χ1n) is 8.95. The lowest BCUT2D eigenvalue weighted by atomic mass is 10.3. The Balaban J connectivity index is 0.00000243. The summed E-state index contributed by atoms with van der Waals surface area (Å²) in [7, 11) is 1.82. The number of thiazole rings is 1. The molecule has 0 unspecified atom stereocenters. The van der Waals surface area contributed by atoms with Crippen LogP contribution in [-0.4, -0.2) is 72.5 Å². The first-order valence-corrected chi connectivity index (χ1v) is 9.77. The minimum absolute atomic E-state index is 0. The van der Waals surface area contributed by atoms with Gasteiger partial charge in [-0.1, -0.05) is 0 Å². The fourth-order valence-electron chi connectivity index (χ4n) is 2.92. The van der Waals surface area contributed by atoms with Crippen molar-refractivity contribution in [3.8, 4) is 0 Å². The lowest BCUT2D eigenvalue weighted by Crippen LogP contribution is -2.54. The summed E-state index contributed by atoms with van der Waals surface area (Å²) in [5, 5.41) is 7.56. The molecule has 1 aromatic rings. The van der Waals surface area contributed by atoms with Crippen LogP contribution in [0.15, 0.2) is 4.99 Å². The van der Waals surface area contributed by atoms with Gasteiger partial charge in [-0.2, -0.15) is 0 Å². The van der Waals surface area contributed by atoms with E-state index in [1.165, 1.54) is 4.88 Å². The Morgan fingerprint density at radius 1 is 1.27 bits per heavy atom. The number of aryl methyl sites for hydroxylation is 2. The Kier molecular flexibility index (Phi) is 8.08. The van der Waals surface area contributed by atoms with Crippen molar-refractivity contribution >= 4 is 47.2 Å². The number of piperazine rings is 1. The van der Waals surface area contributed by atoms with Crippen molar-refractivity contribution < 1.29 is 4.79 Å². The van der Waals surface area contributed by atoms with Crippen LogP contribution in [0, 0.1) is 13.8 Å². The summed E-state index contributed by atoms with van der Waals surface area (Å²) in [6, 6.07) is 0.440. The van der Waals surface area contributed by atoms with Crippen LogP contribution in [0.1, 0.15) is 28.4 Å². The Bertz CT molecular complexity index is 618. The van der Waals surface area contributed by atoms with Crippen LogP contribution in [0.5, 0.6) is 0 Å². The van der Waals surface area contributed by atoms with Gasteiger partial charge in [-0.15, -0.1) is 35.3 Å². The van der Waals surface area contributed by atoms with Gasteiger partial charge in [0.1, 0.15) is 5.01 Å². The van der Waals surface area contributed by atoms with Crippen molar-refractivity contribution in [3.63, 3.8) is 0 Å². The summed E-state index contributed by atoms with van der Waals surface area (Å²) in [4.78, 5) is 26.6. The zero-order chi connectivity index (χ0) is 17.8. The van der Waals surface area contributed by atoms with Gasteiger partial charge in [-0.25, -0.2) is 4.98 Å². The predicted octanol–water partition coefficient (Wildman–Crippen LogP) is 1.35. The number of rotatable bonds is 5. The van der Waals surface area contributed by atoms with Crippen LogP contribution in [0.2, 0.25) is 0 Å². The highest BCUT2D eigenvalue weighted by molar-refractivity contribution is 14.0. The highest BCUT2D eigenvalue weighted by Gasteiger charge is 2.25. The fourth-order valence-corrected chi connectivity index (χ4v) is 3.80. The molecule has 9 heteroatoms. The van der Waals surface area contributed by atoms with Crippen LogP contribution in [0.3, 0.4) is 0 Å². The zero-order valence-corrected chi connectivity index (χ0v) is 18.9. The van der Waals surface area contributed by atoms with E-state index in [1.54, 1.807) is 11.3 Å². The number of halogens is 1. The van der Waals surface area contributed by atoms with Gasteiger partial charge in [0.15, 0.2) is 5.96 Å². The SMILES string of the molecule is CN=C(NCc1nc(C)c(C)s1)N1CCN(CC(=O)NC2CC2)CC1.I. The molecule has 2 fully saturated rings. The van der Waals surface area contributed by atoms with Crippen LogP contribution in [0.4, 0.5) is 0 Å². The Morgan fingerprint density at radius 2 is 1.96 bits per heavy atom. The smallest absolute Gasteiger partial charge is 0.234 e. The Hall–Kier alpha value is -0.940. The predicted molar refractivity (Wildman–Crippen MR) is 116 cm³/mol. The maximum Gasteiger partial charge on any atom is 0.234 e. The van der Waals surface area contributed by atoms with Crippen molar-refractivity contribution in [1.82, 2.24) is 25.4 Å². The zero-order valence-electron chi connectivity index (χ0n) is 15.7. The molecule has 1 aliphatic heterocycles. The molecule has 0 spiro atoms. The van der Waals surface area contributed by atoms with Gasteiger partial charge in [-0.05, 0) is 26.7 Å². The van der Waals surface area contributed by atoms with Crippen LogP contribution >= 0.6 is 35.3 Å². The van der Waals surface area contributed by atoms with Crippen molar-refractivity contribution in [2.75, 3.05) is 39.8 Å². The summed E-state index contributed by atoms with van der Waals surface area (Å²) in [6.45, 7) is 8.89. The average molecular weight is 492 g/mol.